The lowest BCUT2D eigenvalue weighted by atomic mass is 10.2. The lowest BCUT2D eigenvalue weighted by Gasteiger charge is -2.10. The van der Waals surface area contributed by atoms with Crippen LogP contribution in [0.4, 0.5) is 0 Å². The van der Waals surface area contributed by atoms with Gasteiger partial charge in [0.25, 0.3) is 0 Å². The molecular weight excluding hydrogens is 291 g/mol. The van der Waals surface area contributed by atoms with Gasteiger partial charge < -0.3 is 4.74 Å². The fraction of sp³-hybridized carbons (Fsp3) is 0.143. The average molecular weight is 302 g/mol. The Morgan fingerprint density at radius 2 is 1.72 bits per heavy atom. The smallest absolute Gasteiger partial charge is 0.124 e. The summed E-state index contributed by atoms with van der Waals surface area (Å²) in [5.41, 5.74) is 2.00. The van der Waals surface area contributed by atoms with E-state index in [1.807, 2.05) is 25.1 Å². The zero-order chi connectivity index (χ0) is 13.1. The molecule has 0 aliphatic rings. The van der Waals surface area contributed by atoms with Crippen molar-refractivity contribution in [3.63, 3.8) is 0 Å². The van der Waals surface area contributed by atoms with Crippen LogP contribution in [0.1, 0.15) is 11.1 Å². The van der Waals surface area contributed by atoms with Crippen molar-refractivity contribution >= 4 is 34.8 Å². The quantitative estimate of drug-likeness (QED) is 0.724. The third-order valence-corrected chi connectivity index (χ3v) is 3.50. The fourth-order valence-corrected chi connectivity index (χ4v) is 2.00. The van der Waals surface area contributed by atoms with E-state index in [1.54, 1.807) is 18.2 Å². The van der Waals surface area contributed by atoms with Crippen molar-refractivity contribution in [3.05, 3.63) is 62.6 Å². The Hall–Kier alpha value is -0.890. The van der Waals surface area contributed by atoms with Gasteiger partial charge in [-0.25, -0.2) is 0 Å². The van der Waals surface area contributed by atoms with Crippen LogP contribution in [0.5, 0.6) is 5.75 Å². The highest BCUT2D eigenvalue weighted by atomic mass is 35.5. The average Bonchev–Trinajstić information content (AvgIpc) is 2.34. The molecular formula is C14H11Cl3O. The molecule has 0 unspecified atom stereocenters. The SMILES string of the molecule is Cc1ccc(Cl)cc1OCc1ccc(Cl)c(Cl)c1. The first-order chi connectivity index (χ1) is 8.56. The van der Waals surface area contributed by atoms with Gasteiger partial charge in [0.15, 0.2) is 0 Å². The maximum Gasteiger partial charge on any atom is 0.124 e. The molecule has 0 aliphatic carbocycles. The van der Waals surface area contributed by atoms with Crippen LogP contribution in [-0.2, 0) is 6.61 Å². The molecule has 2 aromatic rings. The predicted molar refractivity (Wildman–Crippen MR) is 77.0 cm³/mol. The van der Waals surface area contributed by atoms with Gasteiger partial charge in [-0.3, -0.25) is 0 Å². The normalized spacial score (nSPS) is 10.4. The Morgan fingerprint density at radius 3 is 2.44 bits per heavy atom. The van der Waals surface area contributed by atoms with Gasteiger partial charge in [0.2, 0.25) is 0 Å². The van der Waals surface area contributed by atoms with E-state index < -0.39 is 0 Å². The molecule has 0 atom stereocenters. The summed E-state index contributed by atoms with van der Waals surface area (Å²) in [6.07, 6.45) is 0. The Labute approximate surface area is 121 Å². The zero-order valence-corrected chi connectivity index (χ0v) is 12.0. The molecule has 0 fully saturated rings. The summed E-state index contributed by atoms with van der Waals surface area (Å²) in [4.78, 5) is 0. The van der Waals surface area contributed by atoms with Gasteiger partial charge in [-0.05, 0) is 42.3 Å². The predicted octanol–water partition coefficient (Wildman–Crippen LogP) is 5.53. The van der Waals surface area contributed by atoms with Crippen LogP contribution in [0.25, 0.3) is 0 Å². The Bertz CT molecular complexity index is 567. The van der Waals surface area contributed by atoms with E-state index in [-0.39, 0.29) is 0 Å². The topological polar surface area (TPSA) is 9.23 Å². The number of rotatable bonds is 3. The molecule has 0 saturated heterocycles. The van der Waals surface area contributed by atoms with E-state index in [0.717, 1.165) is 16.9 Å². The van der Waals surface area contributed by atoms with Gasteiger partial charge in [-0.1, -0.05) is 46.9 Å². The Kier molecular flexibility index (Phi) is 4.39. The van der Waals surface area contributed by atoms with Crippen LogP contribution < -0.4 is 4.74 Å². The molecule has 0 heterocycles. The third-order valence-electron chi connectivity index (χ3n) is 2.53. The molecule has 0 radical (unpaired) electrons. The van der Waals surface area contributed by atoms with Crippen molar-refractivity contribution in [2.45, 2.75) is 13.5 Å². The van der Waals surface area contributed by atoms with Crippen LogP contribution in [0.15, 0.2) is 36.4 Å². The number of halogens is 3. The number of hydrogen-bond acceptors (Lipinski definition) is 1. The van der Waals surface area contributed by atoms with Crippen LogP contribution in [0.2, 0.25) is 15.1 Å². The molecule has 94 valence electrons. The van der Waals surface area contributed by atoms with Gasteiger partial charge in [-0.2, -0.15) is 0 Å². The molecule has 0 saturated carbocycles. The van der Waals surface area contributed by atoms with Crippen LogP contribution >= 0.6 is 34.8 Å². The van der Waals surface area contributed by atoms with E-state index in [0.29, 0.717) is 21.7 Å². The van der Waals surface area contributed by atoms with Gasteiger partial charge in [0.1, 0.15) is 12.4 Å². The summed E-state index contributed by atoms with van der Waals surface area (Å²) in [5.74, 6) is 0.772. The first kappa shape index (κ1) is 13.5. The number of aryl methyl sites for hydroxylation is 1. The molecule has 0 amide bonds. The van der Waals surface area contributed by atoms with E-state index in [1.165, 1.54) is 0 Å². The fourth-order valence-electron chi connectivity index (χ4n) is 1.52. The maximum atomic E-state index is 5.94. The van der Waals surface area contributed by atoms with E-state index in [9.17, 15) is 0 Å². The lowest BCUT2D eigenvalue weighted by Crippen LogP contribution is -1.97. The summed E-state index contributed by atoms with van der Waals surface area (Å²) in [7, 11) is 0. The van der Waals surface area contributed by atoms with Crippen molar-refractivity contribution in [1.82, 2.24) is 0 Å². The van der Waals surface area contributed by atoms with E-state index in [2.05, 4.69) is 0 Å². The Balaban J connectivity index is 2.11. The number of benzene rings is 2. The molecule has 0 bridgehead atoms. The maximum absolute atomic E-state index is 5.94. The first-order valence-corrected chi connectivity index (χ1v) is 6.52. The molecule has 0 N–H and O–H groups in total. The van der Waals surface area contributed by atoms with Gasteiger partial charge >= 0.3 is 0 Å². The molecule has 4 heteroatoms. The Morgan fingerprint density at radius 1 is 0.944 bits per heavy atom. The molecule has 2 aromatic carbocycles. The zero-order valence-electron chi connectivity index (χ0n) is 9.71. The largest absolute Gasteiger partial charge is 0.489 e. The summed E-state index contributed by atoms with van der Waals surface area (Å²) in [6.45, 7) is 2.40. The van der Waals surface area contributed by atoms with Crippen molar-refractivity contribution in [2.24, 2.45) is 0 Å². The molecule has 0 aromatic heterocycles. The number of hydrogen-bond donors (Lipinski definition) is 0. The second-order valence-electron chi connectivity index (χ2n) is 3.95. The minimum Gasteiger partial charge on any atom is -0.489 e. The molecule has 2 rings (SSSR count). The van der Waals surface area contributed by atoms with Crippen molar-refractivity contribution < 1.29 is 4.74 Å². The highest BCUT2D eigenvalue weighted by Crippen LogP contribution is 2.26. The van der Waals surface area contributed by atoms with E-state index >= 15 is 0 Å². The second-order valence-corrected chi connectivity index (χ2v) is 5.20. The monoisotopic (exact) mass is 300 g/mol. The molecule has 1 nitrogen and oxygen atoms in total. The van der Waals surface area contributed by atoms with Gasteiger partial charge in [0, 0.05) is 5.02 Å². The third kappa shape index (κ3) is 3.32. The summed E-state index contributed by atoms with van der Waals surface area (Å²) in [5, 5.41) is 1.73. The summed E-state index contributed by atoms with van der Waals surface area (Å²) < 4.78 is 5.71. The molecule has 0 aliphatic heterocycles. The lowest BCUT2D eigenvalue weighted by molar-refractivity contribution is 0.304. The molecule has 18 heavy (non-hydrogen) atoms. The van der Waals surface area contributed by atoms with Crippen molar-refractivity contribution in [1.29, 1.82) is 0 Å². The minimum absolute atomic E-state index is 0.429. The van der Waals surface area contributed by atoms with Crippen LogP contribution in [0, 0.1) is 6.92 Å². The summed E-state index contributed by atoms with van der Waals surface area (Å²) >= 11 is 17.7. The van der Waals surface area contributed by atoms with Crippen LogP contribution in [0.3, 0.4) is 0 Å². The minimum atomic E-state index is 0.429. The molecule has 0 spiro atoms. The highest BCUT2D eigenvalue weighted by molar-refractivity contribution is 6.42. The van der Waals surface area contributed by atoms with Gasteiger partial charge in [-0.15, -0.1) is 0 Å². The van der Waals surface area contributed by atoms with Crippen LogP contribution in [-0.4, -0.2) is 0 Å². The van der Waals surface area contributed by atoms with Crippen molar-refractivity contribution in [2.75, 3.05) is 0 Å². The van der Waals surface area contributed by atoms with Gasteiger partial charge in [0.05, 0.1) is 10.0 Å². The summed E-state index contributed by atoms with van der Waals surface area (Å²) in [6, 6.07) is 11.0. The standard InChI is InChI=1S/C14H11Cl3O/c1-9-2-4-11(15)7-14(9)18-8-10-3-5-12(16)13(17)6-10/h2-7H,8H2,1H3. The van der Waals surface area contributed by atoms with E-state index in [4.69, 9.17) is 39.5 Å². The van der Waals surface area contributed by atoms with Crippen molar-refractivity contribution in [3.8, 4) is 5.75 Å². The highest BCUT2D eigenvalue weighted by Gasteiger charge is 2.03. The number of ether oxygens (including phenoxy) is 1. The first-order valence-electron chi connectivity index (χ1n) is 5.39. The second kappa shape index (κ2) is 5.83.